The molecule has 0 bridgehead atoms. The summed E-state index contributed by atoms with van der Waals surface area (Å²) >= 11 is 0. The number of carbonyl (C=O) groups excluding carboxylic acids is 3. The van der Waals surface area contributed by atoms with E-state index in [0.717, 1.165) is 21.8 Å². The van der Waals surface area contributed by atoms with E-state index in [1.807, 2.05) is 43.3 Å². The average molecular weight is 395 g/mol. The maximum absolute atomic E-state index is 12.7. The van der Waals surface area contributed by atoms with Gasteiger partial charge in [-0.15, -0.1) is 0 Å². The van der Waals surface area contributed by atoms with Crippen LogP contribution in [0.15, 0.2) is 48.5 Å². The van der Waals surface area contributed by atoms with Gasteiger partial charge in [-0.2, -0.15) is 0 Å². The number of hydrogen-bond donors (Lipinski definition) is 1. The minimum atomic E-state index is -0.641. The van der Waals surface area contributed by atoms with Gasteiger partial charge in [0, 0.05) is 12.2 Å². The number of hydrogen-bond acceptors (Lipinski definition) is 4. The van der Waals surface area contributed by atoms with Crippen molar-refractivity contribution in [1.29, 1.82) is 0 Å². The first kappa shape index (κ1) is 20.4. The van der Waals surface area contributed by atoms with Gasteiger partial charge >= 0.3 is 6.03 Å². The third-order valence-electron chi connectivity index (χ3n) is 4.96. The van der Waals surface area contributed by atoms with Crippen molar-refractivity contribution in [2.24, 2.45) is 0 Å². The number of ether oxygens (including phenoxy) is 1. The molecule has 1 aliphatic heterocycles. The monoisotopic (exact) mass is 395 g/mol. The van der Waals surface area contributed by atoms with E-state index in [4.69, 9.17) is 4.74 Å². The maximum atomic E-state index is 12.7. The first-order valence-electron chi connectivity index (χ1n) is 9.51. The summed E-state index contributed by atoms with van der Waals surface area (Å²) in [6.45, 7) is 3.75. The van der Waals surface area contributed by atoms with Crippen molar-refractivity contribution in [3.05, 3.63) is 59.7 Å². The Labute approximate surface area is 170 Å². The number of rotatable bonds is 7. The number of nitrogens with zero attached hydrogens (tertiary/aromatic N) is 2. The molecule has 7 heteroatoms. The lowest BCUT2D eigenvalue weighted by Gasteiger charge is -2.19. The molecule has 0 spiro atoms. The van der Waals surface area contributed by atoms with Gasteiger partial charge < -0.3 is 10.1 Å². The molecule has 7 nitrogen and oxygen atoms in total. The Kier molecular flexibility index (Phi) is 6.16. The summed E-state index contributed by atoms with van der Waals surface area (Å²) in [6.07, 6.45) is 0.642. The predicted octanol–water partition coefficient (Wildman–Crippen LogP) is 2.52. The summed E-state index contributed by atoms with van der Waals surface area (Å²) in [5.74, 6) is 0.0372. The second kappa shape index (κ2) is 8.77. The van der Waals surface area contributed by atoms with Crippen LogP contribution in [0.3, 0.4) is 0 Å². The van der Waals surface area contributed by atoms with Gasteiger partial charge in [-0.3, -0.25) is 19.4 Å². The third-order valence-corrected chi connectivity index (χ3v) is 4.96. The van der Waals surface area contributed by atoms with Crippen LogP contribution in [0.2, 0.25) is 0 Å². The zero-order valence-corrected chi connectivity index (χ0v) is 16.8. The molecule has 1 heterocycles. The molecule has 1 aliphatic rings. The Morgan fingerprint density at radius 2 is 1.72 bits per heavy atom. The van der Waals surface area contributed by atoms with E-state index >= 15 is 0 Å². The minimum absolute atomic E-state index is 0.285. The minimum Gasteiger partial charge on any atom is -0.497 e. The molecule has 1 fully saturated rings. The van der Waals surface area contributed by atoms with Crippen molar-refractivity contribution in [1.82, 2.24) is 10.2 Å². The molecule has 0 unspecified atom stereocenters. The van der Waals surface area contributed by atoms with Gasteiger partial charge in [-0.05, 0) is 50.1 Å². The van der Waals surface area contributed by atoms with E-state index in [1.54, 1.807) is 26.2 Å². The van der Waals surface area contributed by atoms with Crippen LogP contribution in [-0.4, -0.2) is 49.0 Å². The van der Waals surface area contributed by atoms with Crippen LogP contribution < -0.4 is 15.0 Å². The Morgan fingerprint density at radius 3 is 2.34 bits per heavy atom. The Morgan fingerprint density at radius 1 is 1.07 bits per heavy atom. The van der Waals surface area contributed by atoms with E-state index in [-0.39, 0.29) is 18.4 Å². The highest BCUT2D eigenvalue weighted by Gasteiger charge is 2.43. The number of nitrogens with one attached hydrogen (secondary N) is 1. The molecule has 4 amide bonds. The summed E-state index contributed by atoms with van der Waals surface area (Å²) in [4.78, 5) is 40.0. The molecule has 0 saturated carbocycles. The third kappa shape index (κ3) is 4.56. The van der Waals surface area contributed by atoms with E-state index in [2.05, 4.69) is 5.32 Å². The number of methoxy groups -OCH3 is 1. The molecular weight excluding hydrogens is 370 g/mol. The highest BCUT2D eigenvalue weighted by atomic mass is 16.5. The zero-order chi connectivity index (χ0) is 21.0. The fourth-order valence-corrected chi connectivity index (χ4v) is 3.25. The first-order chi connectivity index (χ1) is 13.9. The van der Waals surface area contributed by atoms with Crippen molar-refractivity contribution < 1.29 is 19.1 Å². The lowest BCUT2D eigenvalue weighted by Crippen LogP contribution is -2.42. The summed E-state index contributed by atoms with van der Waals surface area (Å²) in [7, 11) is 1.61. The topological polar surface area (TPSA) is 79.0 Å². The van der Waals surface area contributed by atoms with Crippen molar-refractivity contribution >= 4 is 23.5 Å². The maximum Gasteiger partial charge on any atom is 0.332 e. The summed E-state index contributed by atoms with van der Waals surface area (Å²) in [6, 6.07) is 13.8. The van der Waals surface area contributed by atoms with Crippen molar-refractivity contribution in [2.45, 2.75) is 26.3 Å². The molecule has 1 atom stereocenters. The summed E-state index contributed by atoms with van der Waals surface area (Å²) < 4.78 is 5.12. The second-order valence-electron chi connectivity index (χ2n) is 7.04. The first-order valence-corrected chi connectivity index (χ1v) is 9.51. The number of benzene rings is 2. The van der Waals surface area contributed by atoms with Gasteiger partial charge in [-0.25, -0.2) is 4.79 Å². The molecule has 3 rings (SSSR count). The van der Waals surface area contributed by atoms with E-state index in [1.165, 1.54) is 4.90 Å². The van der Waals surface area contributed by atoms with Gasteiger partial charge in [-0.1, -0.05) is 29.8 Å². The summed E-state index contributed by atoms with van der Waals surface area (Å²) in [5, 5.41) is 2.77. The number of anilines is 1. The largest absolute Gasteiger partial charge is 0.497 e. The fourth-order valence-electron chi connectivity index (χ4n) is 3.25. The highest BCUT2D eigenvalue weighted by molar-refractivity contribution is 6.15. The highest BCUT2D eigenvalue weighted by Crippen LogP contribution is 2.25. The van der Waals surface area contributed by atoms with Crippen LogP contribution in [0.5, 0.6) is 5.75 Å². The number of carbonyl (C=O) groups is 3. The smallest absolute Gasteiger partial charge is 0.332 e. The molecule has 29 heavy (non-hydrogen) atoms. The quantitative estimate of drug-likeness (QED) is 0.731. The Bertz CT molecular complexity index is 893. The molecule has 2 aromatic carbocycles. The number of imide groups is 1. The van der Waals surface area contributed by atoms with Crippen LogP contribution in [0.4, 0.5) is 10.5 Å². The SMILES string of the molecule is COc1ccc(CCNC(=O)CN2C(=O)[C@H](C)N(c3ccc(C)cc3)C2=O)cc1. The molecule has 0 aromatic heterocycles. The number of aryl methyl sites for hydroxylation is 1. The van der Waals surface area contributed by atoms with Crippen molar-refractivity contribution in [3.63, 3.8) is 0 Å². The lowest BCUT2D eigenvalue weighted by molar-refractivity contribution is -0.131. The lowest BCUT2D eigenvalue weighted by atomic mass is 10.1. The predicted molar refractivity (Wildman–Crippen MR) is 110 cm³/mol. The molecule has 2 aromatic rings. The average Bonchev–Trinajstić information content (AvgIpc) is 2.92. The van der Waals surface area contributed by atoms with Crippen LogP contribution in [-0.2, 0) is 16.0 Å². The van der Waals surface area contributed by atoms with Gasteiger partial charge in [0.25, 0.3) is 5.91 Å². The molecule has 0 aliphatic carbocycles. The van der Waals surface area contributed by atoms with Gasteiger partial charge in [0.1, 0.15) is 18.3 Å². The Hall–Kier alpha value is -3.35. The molecule has 1 saturated heterocycles. The van der Waals surface area contributed by atoms with Crippen LogP contribution in [0.25, 0.3) is 0 Å². The summed E-state index contributed by atoms with van der Waals surface area (Å²) in [5.41, 5.74) is 2.76. The van der Waals surface area contributed by atoms with E-state index in [0.29, 0.717) is 18.7 Å². The van der Waals surface area contributed by atoms with Crippen LogP contribution in [0, 0.1) is 6.92 Å². The molecule has 0 radical (unpaired) electrons. The molecular formula is C22H25N3O4. The number of amides is 4. The van der Waals surface area contributed by atoms with Crippen molar-refractivity contribution in [2.75, 3.05) is 25.1 Å². The van der Waals surface area contributed by atoms with E-state index < -0.39 is 12.1 Å². The van der Waals surface area contributed by atoms with Gasteiger partial charge in [0.05, 0.1) is 7.11 Å². The zero-order valence-electron chi connectivity index (χ0n) is 16.8. The van der Waals surface area contributed by atoms with Crippen molar-refractivity contribution in [3.8, 4) is 5.75 Å². The fraction of sp³-hybridized carbons (Fsp3) is 0.318. The number of urea groups is 1. The van der Waals surface area contributed by atoms with Crippen LogP contribution in [0.1, 0.15) is 18.1 Å². The normalized spacial score (nSPS) is 16.3. The van der Waals surface area contributed by atoms with E-state index in [9.17, 15) is 14.4 Å². The van der Waals surface area contributed by atoms with Gasteiger partial charge in [0.15, 0.2) is 0 Å². The molecule has 152 valence electrons. The Balaban J connectivity index is 1.55. The standard InChI is InChI=1S/C22H25N3O4/c1-15-4-8-18(9-5-15)25-16(2)21(27)24(22(25)28)14-20(26)23-13-12-17-6-10-19(29-3)11-7-17/h4-11,16H,12-14H2,1-3H3,(H,23,26)/t16-/m0/s1. The molecule has 1 N–H and O–H groups in total. The second-order valence-corrected chi connectivity index (χ2v) is 7.04. The van der Waals surface area contributed by atoms with Gasteiger partial charge in [0.2, 0.25) is 5.91 Å². The van der Waals surface area contributed by atoms with Crippen LogP contribution >= 0.6 is 0 Å².